The molecule has 0 aliphatic carbocycles. The maximum atomic E-state index is 12.7. The van der Waals surface area contributed by atoms with E-state index >= 15 is 0 Å². The lowest BCUT2D eigenvalue weighted by Crippen LogP contribution is -2.51. The molecular weight excluding hydrogens is 316 g/mol. The van der Waals surface area contributed by atoms with E-state index in [0.717, 1.165) is 5.56 Å². The average molecular weight is 338 g/mol. The molecule has 1 saturated heterocycles. The molecule has 0 spiro atoms. The van der Waals surface area contributed by atoms with Gasteiger partial charge in [-0.2, -0.15) is 0 Å². The fourth-order valence-electron chi connectivity index (χ4n) is 2.92. The van der Waals surface area contributed by atoms with Crippen molar-refractivity contribution in [2.75, 3.05) is 19.7 Å². The molecule has 2 aromatic carbocycles. The number of carbonyl (C=O) groups excluding carboxylic acids is 2. The van der Waals surface area contributed by atoms with Gasteiger partial charge in [0.2, 0.25) is 5.91 Å². The molecule has 2 unspecified atom stereocenters. The summed E-state index contributed by atoms with van der Waals surface area (Å²) in [5.74, 6) is -0.331. The highest BCUT2D eigenvalue weighted by molar-refractivity contribution is 5.97. The Hall–Kier alpha value is -2.66. The van der Waals surface area contributed by atoms with Gasteiger partial charge in [-0.1, -0.05) is 48.5 Å². The van der Waals surface area contributed by atoms with Gasteiger partial charge >= 0.3 is 0 Å². The number of nitrogens with zero attached hydrogens (tertiary/aromatic N) is 1. The van der Waals surface area contributed by atoms with Gasteiger partial charge in [0.1, 0.15) is 12.1 Å². The van der Waals surface area contributed by atoms with Crippen molar-refractivity contribution in [1.29, 1.82) is 0 Å². The van der Waals surface area contributed by atoms with Crippen LogP contribution in [0.2, 0.25) is 0 Å². The number of hydrogen-bond donors (Lipinski definition) is 1. The Bertz CT molecular complexity index is 718. The highest BCUT2D eigenvalue weighted by Gasteiger charge is 2.28. The Labute approximate surface area is 147 Å². The van der Waals surface area contributed by atoms with E-state index in [1.165, 1.54) is 0 Å². The number of morpholine rings is 1. The summed E-state index contributed by atoms with van der Waals surface area (Å²) in [4.78, 5) is 26.7. The predicted octanol–water partition coefficient (Wildman–Crippen LogP) is 2.41. The van der Waals surface area contributed by atoms with Crippen LogP contribution in [0.15, 0.2) is 60.7 Å². The molecule has 0 radical (unpaired) electrons. The molecule has 1 heterocycles. The molecule has 5 heteroatoms. The first kappa shape index (κ1) is 17.2. The van der Waals surface area contributed by atoms with Gasteiger partial charge in [0, 0.05) is 12.1 Å². The third-order valence-corrected chi connectivity index (χ3v) is 4.30. The monoisotopic (exact) mass is 338 g/mol. The van der Waals surface area contributed by atoms with E-state index in [9.17, 15) is 9.59 Å². The van der Waals surface area contributed by atoms with E-state index in [4.69, 9.17) is 4.74 Å². The summed E-state index contributed by atoms with van der Waals surface area (Å²) in [6.45, 7) is 3.24. The number of benzene rings is 2. The van der Waals surface area contributed by atoms with Crippen LogP contribution in [-0.4, -0.2) is 42.5 Å². The van der Waals surface area contributed by atoms with E-state index in [2.05, 4.69) is 5.32 Å². The van der Waals surface area contributed by atoms with Crippen LogP contribution < -0.4 is 5.32 Å². The second kappa shape index (κ2) is 7.94. The number of carbonyl (C=O) groups is 2. The number of hydrogen-bond acceptors (Lipinski definition) is 3. The largest absolute Gasteiger partial charge is 0.370 e. The second-order valence-corrected chi connectivity index (χ2v) is 6.12. The first-order valence-electron chi connectivity index (χ1n) is 8.46. The molecule has 0 bridgehead atoms. The third kappa shape index (κ3) is 4.25. The van der Waals surface area contributed by atoms with Crippen LogP contribution in [0, 0.1) is 0 Å². The van der Waals surface area contributed by atoms with Gasteiger partial charge in [-0.25, -0.2) is 0 Å². The highest BCUT2D eigenvalue weighted by atomic mass is 16.5. The second-order valence-electron chi connectivity index (χ2n) is 6.12. The summed E-state index contributed by atoms with van der Waals surface area (Å²) in [5.41, 5.74) is 1.60. The van der Waals surface area contributed by atoms with Crippen LogP contribution >= 0.6 is 0 Å². The smallest absolute Gasteiger partial charge is 0.251 e. The Morgan fingerprint density at radius 2 is 1.72 bits per heavy atom. The molecule has 1 aliphatic heterocycles. The average Bonchev–Trinajstić information content (AvgIpc) is 2.68. The fourth-order valence-corrected chi connectivity index (χ4v) is 2.92. The van der Waals surface area contributed by atoms with Gasteiger partial charge < -0.3 is 15.0 Å². The number of ether oxygens (including phenoxy) is 1. The predicted molar refractivity (Wildman–Crippen MR) is 95.1 cm³/mol. The molecule has 25 heavy (non-hydrogen) atoms. The summed E-state index contributed by atoms with van der Waals surface area (Å²) in [7, 11) is 0. The van der Waals surface area contributed by atoms with Crippen molar-refractivity contribution in [3.8, 4) is 0 Å². The van der Waals surface area contributed by atoms with Crippen molar-refractivity contribution < 1.29 is 14.3 Å². The van der Waals surface area contributed by atoms with Crippen LogP contribution in [0.1, 0.15) is 28.9 Å². The van der Waals surface area contributed by atoms with E-state index in [1.54, 1.807) is 36.1 Å². The molecule has 0 aromatic heterocycles. The zero-order valence-electron chi connectivity index (χ0n) is 14.2. The van der Waals surface area contributed by atoms with Crippen LogP contribution in [0.4, 0.5) is 0 Å². The SMILES string of the molecule is CC(NC(=O)c1ccccc1)C(=O)N1CCOC(c2ccccc2)C1. The molecular formula is C20H22N2O3. The molecule has 1 aliphatic rings. The van der Waals surface area contributed by atoms with Crippen molar-refractivity contribution in [2.45, 2.75) is 19.1 Å². The van der Waals surface area contributed by atoms with Gasteiger partial charge in [-0.15, -0.1) is 0 Å². The van der Waals surface area contributed by atoms with Crippen LogP contribution in [0.3, 0.4) is 0 Å². The maximum absolute atomic E-state index is 12.7. The van der Waals surface area contributed by atoms with Crippen molar-refractivity contribution in [2.24, 2.45) is 0 Å². The summed E-state index contributed by atoms with van der Waals surface area (Å²) in [6, 6.07) is 18.2. The quantitative estimate of drug-likeness (QED) is 0.931. The minimum Gasteiger partial charge on any atom is -0.370 e. The summed E-state index contributed by atoms with van der Waals surface area (Å²) >= 11 is 0. The van der Waals surface area contributed by atoms with Gasteiger partial charge in [0.25, 0.3) is 5.91 Å². The van der Waals surface area contributed by atoms with Crippen molar-refractivity contribution in [1.82, 2.24) is 10.2 Å². The zero-order valence-corrected chi connectivity index (χ0v) is 14.2. The minimum atomic E-state index is -0.581. The van der Waals surface area contributed by atoms with Crippen LogP contribution in [-0.2, 0) is 9.53 Å². The molecule has 1 N–H and O–H groups in total. The summed E-state index contributed by atoms with van der Waals surface area (Å²) in [6.07, 6.45) is -0.129. The Kier molecular flexibility index (Phi) is 5.46. The highest BCUT2D eigenvalue weighted by Crippen LogP contribution is 2.22. The number of rotatable bonds is 4. The standard InChI is InChI=1S/C20H22N2O3/c1-15(21-19(23)17-10-6-3-7-11-17)20(24)22-12-13-25-18(14-22)16-8-4-2-5-9-16/h2-11,15,18H,12-14H2,1H3,(H,21,23). The van der Waals surface area contributed by atoms with Gasteiger partial charge in [0.05, 0.1) is 13.2 Å². The molecule has 1 fully saturated rings. The van der Waals surface area contributed by atoms with E-state index in [0.29, 0.717) is 25.3 Å². The Morgan fingerprint density at radius 3 is 2.40 bits per heavy atom. The molecule has 2 aromatic rings. The minimum absolute atomic E-state index is 0.0893. The molecule has 3 rings (SSSR count). The maximum Gasteiger partial charge on any atom is 0.251 e. The number of nitrogens with one attached hydrogen (secondary N) is 1. The van der Waals surface area contributed by atoms with E-state index in [-0.39, 0.29) is 17.9 Å². The molecule has 130 valence electrons. The Balaban J connectivity index is 1.61. The normalized spacial score (nSPS) is 18.4. The lowest BCUT2D eigenvalue weighted by molar-refractivity contribution is -0.140. The fraction of sp³-hybridized carbons (Fsp3) is 0.300. The summed E-state index contributed by atoms with van der Waals surface area (Å²) < 4.78 is 5.79. The molecule has 2 amide bonds. The van der Waals surface area contributed by atoms with Gasteiger partial charge in [0.15, 0.2) is 0 Å². The lowest BCUT2D eigenvalue weighted by atomic mass is 10.1. The first-order chi connectivity index (χ1) is 12.1. The topological polar surface area (TPSA) is 58.6 Å². The molecule has 5 nitrogen and oxygen atoms in total. The van der Waals surface area contributed by atoms with Crippen molar-refractivity contribution in [3.63, 3.8) is 0 Å². The van der Waals surface area contributed by atoms with Gasteiger partial charge in [-0.3, -0.25) is 9.59 Å². The van der Waals surface area contributed by atoms with E-state index < -0.39 is 6.04 Å². The molecule has 0 saturated carbocycles. The van der Waals surface area contributed by atoms with Gasteiger partial charge in [-0.05, 0) is 24.6 Å². The number of amides is 2. The zero-order chi connectivity index (χ0) is 17.6. The Morgan fingerprint density at radius 1 is 1.08 bits per heavy atom. The van der Waals surface area contributed by atoms with Crippen molar-refractivity contribution >= 4 is 11.8 Å². The third-order valence-electron chi connectivity index (χ3n) is 4.30. The molecule has 2 atom stereocenters. The van der Waals surface area contributed by atoms with Crippen LogP contribution in [0.5, 0.6) is 0 Å². The summed E-state index contributed by atoms with van der Waals surface area (Å²) in [5, 5.41) is 2.78. The van der Waals surface area contributed by atoms with E-state index in [1.807, 2.05) is 36.4 Å². The lowest BCUT2D eigenvalue weighted by Gasteiger charge is -2.34. The first-order valence-corrected chi connectivity index (χ1v) is 8.46. The van der Waals surface area contributed by atoms with Crippen LogP contribution in [0.25, 0.3) is 0 Å². The van der Waals surface area contributed by atoms with Crippen molar-refractivity contribution in [3.05, 3.63) is 71.8 Å².